The number of fused-ring (bicyclic) bond motifs is 1. The van der Waals surface area contributed by atoms with Gasteiger partial charge in [0, 0.05) is 16.8 Å². The zero-order valence-electron chi connectivity index (χ0n) is 11.3. The molecule has 5 nitrogen and oxygen atoms in total. The number of nitrogens with zero attached hydrogens (tertiary/aromatic N) is 1. The second kappa shape index (κ2) is 5.73. The molecule has 0 saturated heterocycles. The number of nitrogens with two attached hydrogens (primary N) is 1. The summed E-state index contributed by atoms with van der Waals surface area (Å²) in [6, 6.07) is 12.9. The molecular formula is C16H14N2O3. The number of hydrogen-bond donors (Lipinski definition) is 1. The van der Waals surface area contributed by atoms with E-state index >= 15 is 0 Å². The molecule has 5 heteroatoms. The van der Waals surface area contributed by atoms with E-state index in [1.165, 1.54) is 0 Å². The Morgan fingerprint density at radius 2 is 2.14 bits per heavy atom. The quantitative estimate of drug-likeness (QED) is 0.875. The fraction of sp³-hybridized carbons (Fsp3) is 0.188. The third-order valence-corrected chi connectivity index (χ3v) is 3.20. The Hall–Kier alpha value is -2.71. The molecule has 2 aromatic rings. The van der Waals surface area contributed by atoms with Gasteiger partial charge in [-0.2, -0.15) is 5.26 Å². The number of nitriles is 1. The van der Waals surface area contributed by atoms with Crippen LogP contribution in [0, 0.1) is 11.3 Å². The van der Waals surface area contributed by atoms with Crippen molar-refractivity contribution in [1.82, 2.24) is 0 Å². The highest BCUT2D eigenvalue weighted by Gasteiger charge is 2.16. The second-order valence-electron chi connectivity index (χ2n) is 4.68. The largest absolute Gasteiger partial charge is 0.487 e. The summed E-state index contributed by atoms with van der Waals surface area (Å²) in [5.74, 6) is 1.30. The van der Waals surface area contributed by atoms with Gasteiger partial charge in [-0.1, -0.05) is 12.1 Å². The van der Waals surface area contributed by atoms with Gasteiger partial charge >= 0.3 is 0 Å². The van der Waals surface area contributed by atoms with Gasteiger partial charge in [-0.3, -0.25) is 0 Å². The molecule has 0 saturated carbocycles. The van der Waals surface area contributed by atoms with Crippen LogP contribution < -0.4 is 15.2 Å². The number of ether oxygens (including phenoxy) is 3. The fourth-order valence-corrected chi connectivity index (χ4v) is 2.27. The van der Waals surface area contributed by atoms with Crippen LogP contribution in [0.2, 0.25) is 0 Å². The highest BCUT2D eigenvalue weighted by Crippen LogP contribution is 2.31. The van der Waals surface area contributed by atoms with E-state index in [2.05, 4.69) is 6.07 Å². The summed E-state index contributed by atoms with van der Waals surface area (Å²) in [6.45, 7) is 0.979. The zero-order valence-corrected chi connectivity index (χ0v) is 11.3. The lowest BCUT2D eigenvalue weighted by Gasteiger charge is -2.21. The molecule has 0 aromatic heterocycles. The molecule has 2 N–H and O–H groups in total. The number of anilines is 1. The normalized spacial score (nSPS) is 12.9. The smallest absolute Gasteiger partial charge is 0.189 e. The molecule has 0 bridgehead atoms. The van der Waals surface area contributed by atoms with Crippen molar-refractivity contribution < 1.29 is 14.2 Å². The lowest BCUT2D eigenvalue weighted by molar-refractivity contribution is -0.0175. The van der Waals surface area contributed by atoms with E-state index in [0.29, 0.717) is 23.6 Å². The molecule has 1 heterocycles. The van der Waals surface area contributed by atoms with Crippen LogP contribution in [-0.4, -0.2) is 6.79 Å². The lowest BCUT2D eigenvalue weighted by atomic mass is 10.1. The van der Waals surface area contributed by atoms with E-state index in [4.69, 9.17) is 25.2 Å². The van der Waals surface area contributed by atoms with Crippen molar-refractivity contribution in [3.05, 3.63) is 53.1 Å². The SMILES string of the molecule is N#Cc1ccccc1OCc1cc(N)cc2c1OCOC2. The van der Waals surface area contributed by atoms with Crippen molar-refractivity contribution >= 4 is 5.69 Å². The van der Waals surface area contributed by atoms with Crippen LogP contribution in [0.4, 0.5) is 5.69 Å². The van der Waals surface area contributed by atoms with E-state index < -0.39 is 0 Å². The van der Waals surface area contributed by atoms with Crippen LogP contribution in [-0.2, 0) is 18.0 Å². The first kappa shape index (κ1) is 13.3. The predicted octanol–water partition coefficient (Wildman–Crippen LogP) is 2.59. The highest BCUT2D eigenvalue weighted by atomic mass is 16.7. The van der Waals surface area contributed by atoms with Crippen LogP contribution in [0.15, 0.2) is 36.4 Å². The van der Waals surface area contributed by atoms with Gasteiger partial charge in [-0.05, 0) is 24.3 Å². The average molecular weight is 282 g/mol. The Bertz CT molecular complexity index is 707. The summed E-state index contributed by atoms with van der Waals surface area (Å²) in [4.78, 5) is 0. The molecule has 0 amide bonds. The van der Waals surface area contributed by atoms with Crippen molar-refractivity contribution in [2.45, 2.75) is 13.2 Å². The molecule has 3 rings (SSSR count). The minimum Gasteiger partial charge on any atom is -0.487 e. The summed E-state index contributed by atoms with van der Waals surface area (Å²) in [7, 11) is 0. The standard InChI is InChI=1S/C16H14N2O3/c17-7-11-3-1-2-4-15(11)20-9-13-6-14(18)5-12-8-19-10-21-16(12)13/h1-6H,8-10,18H2. The van der Waals surface area contributed by atoms with Crippen molar-refractivity contribution in [1.29, 1.82) is 5.26 Å². The molecule has 0 unspecified atom stereocenters. The van der Waals surface area contributed by atoms with Crippen molar-refractivity contribution in [3.8, 4) is 17.6 Å². The van der Waals surface area contributed by atoms with Gasteiger partial charge in [0.05, 0.1) is 12.2 Å². The molecule has 0 aliphatic carbocycles. The average Bonchev–Trinajstić information content (AvgIpc) is 2.52. The van der Waals surface area contributed by atoms with Crippen LogP contribution in [0.25, 0.3) is 0 Å². The maximum Gasteiger partial charge on any atom is 0.189 e. The minimum atomic E-state index is 0.221. The van der Waals surface area contributed by atoms with Crippen LogP contribution in [0.1, 0.15) is 16.7 Å². The van der Waals surface area contributed by atoms with Crippen molar-refractivity contribution in [2.75, 3.05) is 12.5 Å². The molecule has 2 aromatic carbocycles. The van der Waals surface area contributed by atoms with Crippen LogP contribution in [0.5, 0.6) is 11.5 Å². The summed E-state index contributed by atoms with van der Waals surface area (Å²) < 4.78 is 16.5. The summed E-state index contributed by atoms with van der Waals surface area (Å²) in [6.07, 6.45) is 0. The topological polar surface area (TPSA) is 77.5 Å². The first-order valence-corrected chi connectivity index (χ1v) is 6.51. The van der Waals surface area contributed by atoms with Crippen molar-refractivity contribution in [3.63, 3.8) is 0 Å². The van der Waals surface area contributed by atoms with Crippen LogP contribution in [0.3, 0.4) is 0 Å². The second-order valence-corrected chi connectivity index (χ2v) is 4.68. The molecule has 1 aliphatic heterocycles. The molecule has 0 fully saturated rings. The summed E-state index contributed by atoms with van der Waals surface area (Å²) >= 11 is 0. The monoisotopic (exact) mass is 282 g/mol. The van der Waals surface area contributed by atoms with Crippen LogP contribution >= 0.6 is 0 Å². The molecule has 106 valence electrons. The lowest BCUT2D eigenvalue weighted by Crippen LogP contribution is -2.14. The summed E-state index contributed by atoms with van der Waals surface area (Å²) in [5, 5.41) is 9.06. The van der Waals surface area contributed by atoms with Gasteiger partial charge in [0.1, 0.15) is 24.2 Å². The third-order valence-electron chi connectivity index (χ3n) is 3.20. The summed E-state index contributed by atoms with van der Waals surface area (Å²) in [5.41, 5.74) is 8.78. The Kier molecular flexibility index (Phi) is 3.63. The Balaban J connectivity index is 1.85. The molecule has 0 spiro atoms. The van der Waals surface area contributed by atoms with Gasteiger partial charge < -0.3 is 19.9 Å². The van der Waals surface area contributed by atoms with E-state index in [1.54, 1.807) is 18.2 Å². The van der Waals surface area contributed by atoms with Gasteiger partial charge in [0.2, 0.25) is 0 Å². The fourth-order valence-electron chi connectivity index (χ4n) is 2.27. The first-order chi connectivity index (χ1) is 10.3. The van der Waals surface area contributed by atoms with Gasteiger partial charge in [0.25, 0.3) is 0 Å². The maximum absolute atomic E-state index is 9.06. The number of hydrogen-bond acceptors (Lipinski definition) is 5. The molecule has 21 heavy (non-hydrogen) atoms. The zero-order chi connectivity index (χ0) is 14.7. The Morgan fingerprint density at radius 3 is 3.00 bits per heavy atom. The van der Waals surface area contributed by atoms with E-state index in [-0.39, 0.29) is 13.4 Å². The first-order valence-electron chi connectivity index (χ1n) is 6.51. The number of benzene rings is 2. The molecule has 0 radical (unpaired) electrons. The predicted molar refractivity (Wildman–Crippen MR) is 76.6 cm³/mol. The van der Waals surface area contributed by atoms with Gasteiger partial charge in [-0.15, -0.1) is 0 Å². The Labute approximate surface area is 122 Å². The number of nitrogen functional groups attached to an aromatic ring is 1. The number of para-hydroxylation sites is 1. The van der Waals surface area contributed by atoms with Gasteiger partial charge in [0.15, 0.2) is 6.79 Å². The molecular weight excluding hydrogens is 268 g/mol. The number of rotatable bonds is 3. The minimum absolute atomic E-state index is 0.221. The van der Waals surface area contributed by atoms with E-state index in [0.717, 1.165) is 16.9 Å². The highest BCUT2D eigenvalue weighted by molar-refractivity contribution is 5.53. The van der Waals surface area contributed by atoms with Crippen molar-refractivity contribution in [2.24, 2.45) is 0 Å². The van der Waals surface area contributed by atoms with Gasteiger partial charge in [-0.25, -0.2) is 0 Å². The molecule has 0 atom stereocenters. The Morgan fingerprint density at radius 1 is 1.29 bits per heavy atom. The van der Waals surface area contributed by atoms with E-state index in [1.807, 2.05) is 18.2 Å². The third kappa shape index (κ3) is 2.76. The molecule has 1 aliphatic rings. The maximum atomic E-state index is 9.06. The van der Waals surface area contributed by atoms with E-state index in [9.17, 15) is 0 Å².